The van der Waals surface area contributed by atoms with E-state index in [-0.39, 0.29) is 0 Å². The minimum absolute atomic E-state index is 0.539. The maximum Gasteiger partial charge on any atom is 0.230 e. The number of aromatic nitrogens is 2. The Hall–Kier alpha value is -3.86. The first-order valence-electron chi connectivity index (χ1n) is 11.0. The normalized spacial score (nSPS) is 12.0. The molecular formula is C27H26N4O. The molecule has 0 amide bonds. The van der Waals surface area contributed by atoms with E-state index >= 15 is 0 Å². The summed E-state index contributed by atoms with van der Waals surface area (Å²) in [4.78, 5) is 15.4. The van der Waals surface area contributed by atoms with Crippen LogP contribution in [-0.2, 0) is 0 Å². The molecule has 5 rings (SSSR count). The quantitative estimate of drug-likeness (QED) is 0.358. The van der Waals surface area contributed by atoms with E-state index in [1.54, 1.807) is 0 Å². The second kappa shape index (κ2) is 8.35. The fraction of sp³-hybridized carbons (Fsp3) is 0.185. The van der Waals surface area contributed by atoms with E-state index in [2.05, 4.69) is 67.1 Å². The third kappa shape index (κ3) is 3.78. The fourth-order valence-corrected chi connectivity index (χ4v) is 3.96. The lowest BCUT2D eigenvalue weighted by Gasteiger charge is -2.21. The largest absolute Gasteiger partial charge is 0.438 e. The van der Waals surface area contributed by atoms with Crippen molar-refractivity contribution in [2.45, 2.75) is 20.8 Å². The molecule has 5 aromatic rings. The molecule has 0 aliphatic heterocycles. The molecule has 0 spiro atoms. The highest BCUT2D eigenvalue weighted by atomic mass is 16.3. The summed E-state index contributed by atoms with van der Waals surface area (Å²) in [6.45, 7) is 8.28. The molecule has 5 heteroatoms. The minimum Gasteiger partial charge on any atom is -0.438 e. The summed E-state index contributed by atoms with van der Waals surface area (Å²) in [7, 11) is 0. The summed E-state index contributed by atoms with van der Waals surface area (Å²) < 4.78 is 6.40. The van der Waals surface area contributed by atoms with Crippen LogP contribution in [0.2, 0.25) is 0 Å². The number of para-hydroxylation sites is 2. The second-order valence-electron chi connectivity index (χ2n) is 7.91. The monoisotopic (exact) mass is 422 g/mol. The van der Waals surface area contributed by atoms with Crippen molar-refractivity contribution in [3.8, 4) is 11.4 Å². The number of nitrogens with one attached hydrogen (secondary N) is 1. The molecule has 1 N–H and O–H groups in total. The van der Waals surface area contributed by atoms with Crippen molar-refractivity contribution in [2.75, 3.05) is 18.0 Å². The van der Waals surface area contributed by atoms with E-state index < -0.39 is 0 Å². The van der Waals surface area contributed by atoms with Gasteiger partial charge in [-0.3, -0.25) is 0 Å². The van der Waals surface area contributed by atoms with E-state index in [1.165, 1.54) is 5.56 Å². The van der Waals surface area contributed by atoms with Crippen LogP contribution in [-0.4, -0.2) is 23.1 Å². The maximum atomic E-state index is 6.40. The summed E-state index contributed by atoms with van der Waals surface area (Å²) in [6.07, 6.45) is 0. The van der Waals surface area contributed by atoms with Crippen molar-refractivity contribution in [1.29, 1.82) is 0 Å². The molecular weight excluding hydrogens is 396 g/mol. The minimum atomic E-state index is 0.539. The van der Waals surface area contributed by atoms with Crippen LogP contribution < -0.4 is 10.5 Å². The second-order valence-corrected chi connectivity index (χ2v) is 7.91. The number of anilines is 1. The number of aryl methyl sites for hydroxylation is 1. The molecule has 0 radical (unpaired) electrons. The van der Waals surface area contributed by atoms with Crippen molar-refractivity contribution < 1.29 is 4.42 Å². The molecule has 32 heavy (non-hydrogen) atoms. The molecule has 2 aromatic heterocycles. The molecule has 5 nitrogen and oxygen atoms in total. The zero-order valence-electron chi connectivity index (χ0n) is 18.6. The maximum absolute atomic E-state index is 6.40. The summed E-state index contributed by atoms with van der Waals surface area (Å²) in [6, 6.07) is 24.6. The predicted octanol–water partition coefficient (Wildman–Crippen LogP) is 6.36. The van der Waals surface area contributed by atoms with E-state index in [1.807, 2.05) is 36.4 Å². The van der Waals surface area contributed by atoms with Gasteiger partial charge in [-0.05, 0) is 63.2 Å². The van der Waals surface area contributed by atoms with Gasteiger partial charge in [-0.25, -0.2) is 9.98 Å². The average Bonchev–Trinajstić information content (AvgIpc) is 3.25. The Morgan fingerprint density at radius 1 is 0.938 bits per heavy atom. The summed E-state index contributed by atoms with van der Waals surface area (Å²) in [5, 5.41) is 1.01. The molecule has 0 fully saturated rings. The molecule has 0 bridgehead atoms. The molecule has 0 saturated carbocycles. The van der Waals surface area contributed by atoms with Crippen LogP contribution in [0.1, 0.15) is 19.4 Å². The van der Waals surface area contributed by atoms with Crippen molar-refractivity contribution in [3.63, 3.8) is 0 Å². The summed E-state index contributed by atoms with van der Waals surface area (Å²) in [5.74, 6) is 0.746. The highest BCUT2D eigenvalue weighted by Gasteiger charge is 2.13. The Balaban J connectivity index is 1.75. The van der Waals surface area contributed by atoms with Crippen LogP contribution in [0.3, 0.4) is 0 Å². The lowest BCUT2D eigenvalue weighted by Crippen LogP contribution is -2.21. The number of benzene rings is 3. The van der Waals surface area contributed by atoms with Crippen LogP contribution in [0.4, 0.5) is 11.4 Å². The molecule has 0 atom stereocenters. The molecule has 0 aliphatic carbocycles. The van der Waals surface area contributed by atoms with E-state index in [0.29, 0.717) is 5.55 Å². The van der Waals surface area contributed by atoms with Crippen LogP contribution in [0, 0.1) is 6.92 Å². The predicted molar refractivity (Wildman–Crippen MR) is 131 cm³/mol. The number of H-pyrrole nitrogens is 1. The number of hydrogen-bond donors (Lipinski definition) is 1. The zero-order valence-corrected chi connectivity index (χ0v) is 18.6. The highest BCUT2D eigenvalue weighted by molar-refractivity contribution is 5.85. The Morgan fingerprint density at radius 3 is 2.47 bits per heavy atom. The Morgan fingerprint density at radius 2 is 1.72 bits per heavy atom. The zero-order chi connectivity index (χ0) is 22.1. The van der Waals surface area contributed by atoms with Gasteiger partial charge >= 0.3 is 0 Å². The van der Waals surface area contributed by atoms with Crippen LogP contribution >= 0.6 is 0 Å². The fourth-order valence-electron chi connectivity index (χ4n) is 3.96. The molecule has 0 unspecified atom stereocenters. The van der Waals surface area contributed by atoms with Gasteiger partial charge in [0.1, 0.15) is 11.4 Å². The number of aromatic amines is 1. The molecule has 160 valence electrons. The number of nitrogens with zero attached hydrogens (tertiary/aromatic N) is 3. The Labute approximate surface area is 187 Å². The van der Waals surface area contributed by atoms with Gasteiger partial charge < -0.3 is 14.3 Å². The first kappa shape index (κ1) is 20.1. The number of hydrogen-bond acceptors (Lipinski definition) is 4. The van der Waals surface area contributed by atoms with Gasteiger partial charge in [0, 0.05) is 30.2 Å². The first-order chi connectivity index (χ1) is 15.6. The average molecular weight is 423 g/mol. The van der Waals surface area contributed by atoms with E-state index in [9.17, 15) is 0 Å². The topological polar surface area (TPSA) is 57.4 Å². The third-order valence-corrected chi connectivity index (χ3v) is 5.77. The first-order valence-corrected chi connectivity index (χ1v) is 11.0. The lowest BCUT2D eigenvalue weighted by atomic mass is 10.1. The van der Waals surface area contributed by atoms with Crippen molar-refractivity contribution in [1.82, 2.24) is 9.97 Å². The summed E-state index contributed by atoms with van der Waals surface area (Å²) in [5.41, 5.74) is 7.27. The van der Waals surface area contributed by atoms with Crippen LogP contribution in [0.15, 0.2) is 82.2 Å². The smallest absolute Gasteiger partial charge is 0.230 e. The van der Waals surface area contributed by atoms with Gasteiger partial charge in [0.2, 0.25) is 5.55 Å². The number of fused-ring (bicyclic) bond motifs is 2. The van der Waals surface area contributed by atoms with Crippen LogP contribution in [0.5, 0.6) is 0 Å². The van der Waals surface area contributed by atoms with Crippen molar-refractivity contribution >= 4 is 33.4 Å². The third-order valence-electron chi connectivity index (χ3n) is 5.77. The van der Waals surface area contributed by atoms with Gasteiger partial charge in [0.05, 0.1) is 22.3 Å². The molecule has 3 aromatic carbocycles. The standard InChI is InChI=1S/C27H26N4O/c1-4-31(5-2)21-15-12-19-16-22(26-29-23-8-6-7-9-24(23)30-26)27(32-25(19)17-21)28-20-13-10-18(3)11-14-20/h6-17H,4-5H2,1-3H3,(H,29,30). The van der Waals surface area contributed by atoms with Gasteiger partial charge in [-0.15, -0.1) is 0 Å². The lowest BCUT2D eigenvalue weighted by molar-refractivity contribution is 0.547. The molecule has 0 aliphatic rings. The highest BCUT2D eigenvalue weighted by Crippen LogP contribution is 2.26. The molecule has 2 heterocycles. The van der Waals surface area contributed by atoms with Crippen molar-refractivity contribution in [3.05, 3.63) is 83.9 Å². The van der Waals surface area contributed by atoms with E-state index in [0.717, 1.165) is 57.9 Å². The molecule has 0 saturated heterocycles. The number of rotatable bonds is 5. The van der Waals surface area contributed by atoms with Gasteiger partial charge in [0.25, 0.3) is 0 Å². The Kier molecular flexibility index (Phi) is 5.23. The summed E-state index contributed by atoms with van der Waals surface area (Å²) >= 11 is 0. The number of imidazole rings is 1. The van der Waals surface area contributed by atoms with E-state index in [4.69, 9.17) is 14.4 Å². The van der Waals surface area contributed by atoms with Gasteiger partial charge in [-0.2, -0.15) is 0 Å². The van der Waals surface area contributed by atoms with Gasteiger partial charge in [-0.1, -0.05) is 29.8 Å². The van der Waals surface area contributed by atoms with Crippen molar-refractivity contribution in [2.24, 2.45) is 4.99 Å². The van der Waals surface area contributed by atoms with Crippen LogP contribution in [0.25, 0.3) is 33.4 Å². The van der Waals surface area contributed by atoms with Gasteiger partial charge in [0.15, 0.2) is 0 Å². The Bertz CT molecular complexity index is 1420. The SMILES string of the molecule is CCN(CC)c1ccc2cc(-c3nc4ccccc4[nH]3)c(=Nc3ccc(C)cc3)oc2c1.